The lowest BCUT2D eigenvalue weighted by atomic mass is 10.2. The highest BCUT2D eigenvalue weighted by atomic mass is 35.5. The number of nitrogens with zero attached hydrogens (tertiary/aromatic N) is 4. The molecule has 0 spiro atoms. The zero-order valence-electron chi connectivity index (χ0n) is 17.4. The van der Waals surface area contributed by atoms with Gasteiger partial charge in [-0.1, -0.05) is 43.3 Å². The van der Waals surface area contributed by atoms with Gasteiger partial charge < -0.3 is 5.32 Å². The van der Waals surface area contributed by atoms with E-state index in [1.807, 2.05) is 23.5 Å². The third-order valence-electron chi connectivity index (χ3n) is 5.06. The Morgan fingerprint density at radius 2 is 2.00 bits per heavy atom. The lowest BCUT2D eigenvalue weighted by Crippen LogP contribution is -2.15. The number of carbonyl (C=O) groups excluding carboxylic acids is 1. The van der Waals surface area contributed by atoms with Gasteiger partial charge >= 0.3 is 0 Å². The molecule has 3 aromatic heterocycles. The largest absolute Gasteiger partial charge is 0.325 e. The molecule has 6 nitrogen and oxygen atoms in total. The molecule has 4 aromatic rings. The molecule has 0 bridgehead atoms. The summed E-state index contributed by atoms with van der Waals surface area (Å²) in [5, 5.41) is 14.1. The molecule has 0 aliphatic carbocycles. The van der Waals surface area contributed by atoms with Gasteiger partial charge in [0.1, 0.15) is 10.7 Å². The molecule has 9 heteroatoms. The number of halogens is 1. The van der Waals surface area contributed by atoms with Gasteiger partial charge in [0, 0.05) is 21.5 Å². The standard InChI is InChI=1S/C21H22ClN5OS2/c1-10(2)18-24-20-17(11(3)13(5)30-20)19-25-26-21(27(18)19)29-9-16(28)23-15-8-6-7-14(22)12(15)4/h6-8,10H,9H2,1-5H3,(H,23,28). The zero-order chi connectivity index (χ0) is 21.6. The van der Waals surface area contributed by atoms with Crippen LogP contribution in [-0.2, 0) is 4.79 Å². The Kier molecular flexibility index (Phi) is 5.74. The first-order valence-electron chi connectivity index (χ1n) is 9.60. The number of rotatable bonds is 5. The average Bonchev–Trinajstić information content (AvgIpc) is 3.24. The van der Waals surface area contributed by atoms with Crippen LogP contribution in [0.4, 0.5) is 5.69 Å². The quantitative estimate of drug-likeness (QED) is 0.383. The van der Waals surface area contributed by atoms with E-state index in [2.05, 4.69) is 43.2 Å². The summed E-state index contributed by atoms with van der Waals surface area (Å²) in [6, 6.07) is 5.47. The van der Waals surface area contributed by atoms with E-state index < -0.39 is 0 Å². The minimum atomic E-state index is -0.121. The number of aryl methyl sites for hydroxylation is 2. The van der Waals surface area contributed by atoms with E-state index in [-0.39, 0.29) is 17.6 Å². The van der Waals surface area contributed by atoms with Crippen molar-refractivity contribution in [3.05, 3.63) is 45.1 Å². The first-order chi connectivity index (χ1) is 14.3. The van der Waals surface area contributed by atoms with Crippen LogP contribution in [0.3, 0.4) is 0 Å². The van der Waals surface area contributed by atoms with Crippen LogP contribution < -0.4 is 5.32 Å². The maximum atomic E-state index is 12.5. The summed E-state index contributed by atoms with van der Waals surface area (Å²) < 4.78 is 1.99. The third kappa shape index (κ3) is 3.68. The third-order valence-corrected chi connectivity index (χ3v) is 7.50. The number of carbonyl (C=O) groups is 1. The smallest absolute Gasteiger partial charge is 0.234 e. The molecule has 1 amide bonds. The van der Waals surface area contributed by atoms with Crippen LogP contribution in [0, 0.1) is 20.8 Å². The Balaban J connectivity index is 1.65. The SMILES string of the molecule is Cc1sc2nc(C(C)C)n3c(SCC(=O)Nc4cccc(Cl)c4C)nnc3c2c1C. The van der Waals surface area contributed by atoms with E-state index in [0.717, 1.165) is 32.9 Å². The normalized spacial score (nSPS) is 11.7. The Morgan fingerprint density at radius 3 is 2.73 bits per heavy atom. The number of hydrogen-bond donors (Lipinski definition) is 1. The number of thioether (sulfide) groups is 1. The number of anilines is 1. The Labute approximate surface area is 188 Å². The molecule has 0 atom stereocenters. The van der Waals surface area contributed by atoms with Crippen LogP contribution in [-0.4, -0.2) is 31.2 Å². The highest BCUT2D eigenvalue weighted by Gasteiger charge is 2.21. The highest BCUT2D eigenvalue weighted by Crippen LogP contribution is 2.34. The second-order valence-corrected chi connectivity index (χ2v) is 10.0. The molecule has 1 aromatic carbocycles. The van der Waals surface area contributed by atoms with Gasteiger partial charge in [0.25, 0.3) is 0 Å². The Hall–Kier alpha value is -2.16. The minimum Gasteiger partial charge on any atom is -0.325 e. The summed E-state index contributed by atoms with van der Waals surface area (Å²) in [5.41, 5.74) is 3.55. The summed E-state index contributed by atoms with van der Waals surface area (Å²) in [4.78, 5) is 19.7. The number of benzene rings is 1. The van der Waals surface area contributed by atoms with Gasteiger partial charge in [-0.15, -0.1) is 21.5 Å². The van der Waals surface area contributed by atoms with E-state index in [0.29, 0.717) is 10.2 Å². The number of fused-ring (bicyclic) bond motifs is 3. The van der Waals surface area contributed by atoms with E-state index in [4.69, 9.17) is 16.6 Å². The van der Waals surface area contributed by atoms with Crippen LogP contribution in [0.2, 0.25) is 5.02 Å². The fourth-order valence-corrected chi connectivity index (χ4v) is 5.23. The second kappa shape index (κ2) is 8.17. The first kappa shape index (κ1) is 21.1. The summed E-state index contributed by atoms with van der Waals surface area (Å²) in [7, 11) is 0. The molecule has 0 aliphatic heterocycles. The average molecular weight is 460 g/mol. The second-order valence-electron chi connectivity index (χ2n) is 7.48. The molecule has 30 heavy (non-hydrogen) atoms. The summed E-state index contributed by atoms with van der Waals surface area (Å²) in [6.07, 6.45) is 0. The van der Waals surface area contributed by atoms with Crippen molar-refractivity contribution in [1.82, 2.24) is 19.6 Å². The van der Waals surface area contributed by atoms with Crippen molar-refractivity contribution < 1.29 is 4.79 Å². The molecule has 3 heterocycles. The van der Waals surface area contributed by atoms with Gasteiger partial charge in [0.15, 0.2) is 10.8 Å². The lowest BCUT2D eigenvalue weighted by molar-refractivity contribution is -0.113. The number of amides is 1. The number of thiophene rings is 1. The molecule has 0 radical (unpaired) electrons. The summed E-state index contributed by atoms with van der Waals surface area (Å²) in [6.45, 7) is 10.3. The van der Waals surface area contributed by atoms with Crippen molar-refractivity contribution in [3.63, 3.8) is 0 Å². The summed E-state index contributed by atoms with van der Waals surface area (Å²) >= 11 is 9.18. The highest BCUT2D eigenvalue weighted by molar-refractivity contribution is 7.99. The number of nitrogens with one attached hydrogen (secondary N) is 1. The van der Waals surface area contributed by atoms with E-state index in [1.165, 1.54) is 22.2 Å². The van der Waals surface area contributed by atoms with E-state index in [1.54, 1.807) is 17.4 Å². The molecular formula is C21H22ClN5OS2. The lowest BCUT2D eigenvalue weighted by Gasteiger charge is -2.11. The molecule has 0 unspecified atom stereocenters. The molecular weight excluding hydrogens is 438 g/mol. The predicted octanol–water partition coefficient (Wildman–Crippen LogP) is 5.77. The fourth-order valence-electron chi connectivity index (χ4n) is 3.28. The monoisotopic (exact) mass is 459 g/mol. The molecule has 1 N–H and O–H groups in total. The molecule has 0 aliphatic rings. The maximum absolute atomic E-state index is 12.5. The van der Waals surface area contributed by atoms with Crippen molar-refractivity contribution in [3.8, 4) is 0 Å². The first-order valence-corrected chi connectivity index (χ1v) is 11.8. The predicted molar refractivity (Wildman–Crippen MR) is 125 cm³/mol. The van der Waals surface area contributed by atoms with Gasteiger partial charge in [-0.05, 0) is 44.0 Å². The van der Waals surface area contributed by atoms with Gasteiger partial charge in [-0.2, -0.15) is 0 Å². The number of aromatic nitrogens is 4. The van der Waals surface area contributed by atoms with Crippen LogP contribution >= 0.6 is 34.7 Å². The van der Waals surface area contributed by atoms with Crippen molar-refractivity contribution in [2.24, 2.45) is 0 Å². The van der Waals surface area contributed by atoms with Crippen LogP contribution in [0.25, 0.3) is 15.9 Å². The van der Waals surface area contributed by atoms with Crippen LogP contribution in [0.15, 0.2) is 23.4 Å². The molecule has 0 saturated heterocycles. The Bertz CT molecular complexity index is 1280. The van der Waals surface area contributed by atoms with Crippen molar-refractivity contribution >= 4 is 62.2 Å². The van der Waals surface area contributed by atoms with Gasteiger partial charge in [0.2, 0.25) is 5.91 Å². The van der Waals surface area contributed by atoms with Crippen molar-refractivity contribution in [2.75, 3.05) is 11.1 Å². The van der Waals surface area contributed by atoms with Gasteiger partial charge in [-0.25, -0.2) is 4.98 Å². The number of hydrogen-bond acceptors (Lipinski definition) is 6. The van der Waals surface area contributed by atoms with E-state index >= 15 is 0 Å². The zero-order valence-corrected chi connectivity index (χ0v) is 19.8. The molecule has 156 valence electrons. The van der Waals surface area contributed by atoms with Gasteiger partial charge in [0.05, 0.1) is 11.1 Å². The van der Waals surface area contributed by atoms with E-state index in [9.17, 15) is 4.79 Å². The molecule has 0 saturated carbocycles. The van der Waals surface area contributed by atoms with Gasteiger partial charge in [-0.3, -0.25) is 9.20 Å². The molecule has 4 rings (SSSR count). The Morgan fingerprint density at radius 1 is 1.23 bits per heavy atom. The summed E-state index contributed by atoms with van der Waals surface area (Å²) in [5.74, 6) is 1.18. The maximum Gasteiger partial charge on any atom is 0.234 e. The van der Waals surface area contributed by atoms with Crippen molar-refractivity contribution in [2.45, 2.75) is 45.7 Å². The topological polar surface area (TPSA) is 72.2 Å². The van der Waals surface area contributed by atoms with Crippen molar-refractivity contribution in [1.29, 1.82) is 0 Å². The van der Waals surface area contributed by atoms with Crippen LogP contribution in [0.5, 0.6) is 0 Å². The minimum absolute atomic E-state index is 0.121. The fraction of sp³-hybridized carbons (Fsp3) is 0.333. The van der Waals surface area contributed by atoms with Crippen LogP contribution in [0.1, 0.15) is 41.6 Å². The molecule has 0 fully saturated rings.